The van der Waals surface area contributed by atoms with E-state index in [1.54, 1.807) is 35.2 Å². The Labute approximate surface area is 214 Å². The summed E-state index contributed by atoms with van der Waals surface area (Å²) < 4.78 is 79.1. The van der Waals surface area contributed by atoms with E-state index in [-0.39, 0.29) is 35.9 Å². The minimum absolute atomic E-state index is 0.0326. The summed E-state index contributed by atoms with van der Waals surface area (Å²) in [5.74, 6) is -1.90. The lowest BCUT2D eigenvalue weighted by atomic mass is 10.0. The Morgan fingerprint density at radius 3 is 2.26 bits per heavy atom. The Hall–Kier alpha value is -3.94. The van der Waals surface area contributed by atoms with E-state index in [0.29, 0.717) is 30.5 Å². The highest BCUT2D eigenvalue weighted by molar-refractivity contribution is 7.91. The van der Waals surface area contributed by atoms with Gasteiger partial charge >= 0.3 is 12.2 Å². The molecule has 3 aromatic rings. The van der Waals surface area contributed by atoms with Crippen LogP contribution in [0, 0.1) is 5.82 Å². The van der Waals surface area contributed by atoms with Crippen molar-refractivity contribution < 1.29 is 30.8 Å². The van der Waals surface area contributed by atoms with Gasteiger partial charge in [-0.2, -0.15) is 13.2 Å². The second-order valence-electron chi connectivity index (χ2n) is 8.78. The van der Waals surface area contributed by atoms with Gasteiger partial charge in [0.1, 0.15) is 17.2 Å². The molecule has 202 valence electrons. The van der Waals surface area contributed by atoms with Crippen LogP contribution in [0.1, 0.15) is 24.0 Å². The van der Waals surface area contributed by atoms with Crippen LogP contribution < -0.4 is 31.1 Å². The molecule has 38 heavy (non-hydrogen) atoms. The average Bonchev–Trinajstić information content (AvgIpc) is 2.84. The second-order valence-corrected chi connectivity index (χ2v) is 10.5. The number of rotatable bonds is 7. The summed E-state index contributed by atoms with van der Waals surface area (Å²) in [4.78, 5) is 38.1. The molecule has 1 saturated heterocycles. The van der Waals surface area contributed by atoms with Gasteiger partial charge in [-0.3, -0.25) is 14.3 Å². The number of halogens is 4. The molecule has 0 atom stereocenters. The van der Waals surface area contributed by atoms with Crippen molar-refractivity contribution in [2.75, 3.05) is 28.0 Å². The number of carbonyl (C=O) groups excluding carboxylic acids is 1. The van der Waals surface area contributed by atoms with Crippen LogP contribution in [0.4, 0.5) is 39.4 Å². The van der Waals surface area contributed by atoms with E-state index >= 15 is 0 Å². The Balaban J connectivity index is 1.33. The van der Waals surface area contributed by atoms with Gasteiger partial charge in [0.25, 0.3) is 10.9 Å². The molecule has 3 N–H and O–H groups in total. The van der Waals surface area contributed by atoms with Gasteiger partial charge in [-0.15, -0.1) is 0 Å². The molecule has 0 unspecified atom stereocenters. The number of hydrogen-bond acceptors (Lipinski definition) is 6. The van der Waals surface area contributed by atoms with Crippen molar-refractivity contribution in [3.63, 3.8) is 0 Å². The summed E-state index contributed by atoms with van der Waals surface area (Å²) in [5, 5.41) is 4.90. The van der Waals surface area contributed by atoms with Crippen LogP contribution in [0.2, 0.25) is 0 Å². The monoisotopic (exact) mass is 554 g/mol. The maximum absolute atomic E-state index is 13.7. The van der Waals surface area contributed by atoms with Crippen LogP contribution in [-0.2, 0) is 22.0 Å². The lowest BCUT2D eigenvalue weighted by Gasteiger charge is -2.35. The highest BCUT2D eigenvalue weighted by Gasteiger charge is 2.34. The summed E-state index contributed by atoms with van der Waals surface area (Å²) in [5.41, 5.74) is -3.17. The number of sulfonamides is 1. The fraction of sp³-hybridized carbons (Fsp3) is 0.292. The van der Waals surface area contributed by atoms with Gasteiger partial charge in [-0.1, -0.05) is 30.3 Å². The minimum atomic E-state index is -4.86. The first-order valence-corrected chi connectivity index (χ1v) is 13.1. The normalized spacial score (nSPS) is 14.9. The van der Waals surface area contributed by atoms with Gasteiger partial charge in [-0.25, -0.2) is 17.6 Å². The lowest BCUT2D eigenvalue weighted by Crippen LogP contribution is -2.50. The van der Waals surface area contributed by atoms with Crippen LogP contribution >= 0.6 is 0 Å². The lowest BCUT2D eigenvalue weighted by molar-refractivity contribution is -0.139. The summed E-state index contributed by atoms with van der Waals surface area (Å²) in [6.07, 6.45) is -4.21. The Kier molecular flexibility index (Phi) is 7.44. The third-order valence-electron chi connectivity index (χ3n) is 6.02. The second kappa shape index (κ2) is 10.4. The number of carbonyl (C=O) groups is 1. The topological polar surface area (TPSA) is 125 Å². The average molecular weight is 555 g/mol. The predicted octanol–water partition coefficient (Wildman–Crippen LogP) is 3.17. The first kappa shape index (κ1) is 27.1. The first-order chi connectivity index (χ1) is 17.8. The summed E-state index contributed by atoms with van der Waals surface area (Å²) in [6.45, 7) is 0.441. The summed E-state index contributed by atoms with van der Waals surface area (Å²) >= 11 is 0. The maximum Gasteiger partial charge on any atom is 0.419 e. The molecular weight excluding hydrogens is 532 g/mol. The molecule has 0 saturated carbocycles. The van der Waals surface area contributed by atoms with E-state index in [2.05, 4.69) is 15.4 Å². The zero-order valence-corrected chi connectivity index (χ0v) is 20.5. The molecule has 4 rings (SSSR count). The van der Waals surface area contributed by atoms with Crippen molar-refractivity contribution >= 4 is 33.1 Å². The van der Waals surface area contributed by atoms with Gasteiger partial charge < -0.3 is 15.5 Å². The van der Waals surface area contributed by atoms with Crippen LogP contribution in [0.5, 0.6) is 0 Å². The Morgan fingerprint density at radius 1 is 1.00 bits per heavy atom. The maximum atomic E-state index is 13.7. The standard InChI is InChI=1S/C24H22F4N4O5S/c25-18-12-16(6-7-17(18)24(26,27)28)30-23(35)29-15-8-10-32(11-9-15)20-19(21(33)22(20)34)31-38(36,37)13-14-4-2-1-3-5-14/h1-7,12,15,31H,8-11,13H2,(H2,29,30,35). The van der Waals surface area contributed by atoms with Crippen molar-refractivity contribution in [2.24, 2.45) is 0 Å². The molecule has 0 radical (unpaired) electrons. The third kappa shape index (κ3) is 6.13. The number of amides is 2. The molecule has 0 bridgehead atoms. The van der Waals surface area contributed by atoms with Crippen LogP contribution in [0.15, 0.2) is 58.1 Å². The number of piperidine rings is 1. The van der Waals surface area contributed by atoms with Gasteiger partial charge in [0.05, 0.1) is 11.3 Å². The van der Waals surface area contributed by atoms with Crippen LogP contribution in [0.3, 0.4) is 0 Å². The number of urea groups is 1. The highest BCUT2D eigenvalue weighted by atomic mass is 32.2. The molecule has 2 amide bonds. The number of anilines is 3. The molecule has 0 spiro atoms. The van der Waals surface area contributed by atoms with E-state index in [4.69, 9.17) is 0 Å². The summed E-state index contributed by atoms with van der Waals surface area (Å²) in [7, 11) is -3.96. The van der Waals surface area contributed by atoms with Crippen molar-refractivity contribution in [2.45, 2.75) is 30.8 Å². The highest BCUT2D eigenvalue weighted by Crippen LogP contribution is 2.32. The van der Waals surface area contributed by atoms with E-state index in [9.17, 15) is 40.4 Å². The molecule has 0 aliphatic carbocycles. The quantitative estimate of drug-likeness (QED) is 0.305. The van der Waals surface area contributed by atoms with Crippen molar-refractivity contribution in [1.82, 2.24) is 5.32 Å². The molecular formula is C24H22F4N4O5S. The molecule has 1 aliphatic rings. The van der Waals surface area contributed by atoms with E-state index in [1.807, 2.05) is 0 Å². The van der Waals surface area contributed by atoms with Gasteiger partial charge in [0, 0.05) is 24.8 Å². The van der Waals surface area contributed by atoms with E-state index in [1.165, 1.54) is 0 Å². The van der Waals surface area contributed by atoms with Crippen molar-refractivity contribution in [3.05, 3.63) is 85.9 Å². The van der Waals surface area contributed by atoms with Crippen molar-refractivity contribution in [1.29, 1.82) is 0 Å². The van der Waals surface area contributed by atoms with Crippen LogP contribution in [-0.4, -0.2) is 33.6 Å². The zero-order valence-electron chi connectivity index (χ0n) is 19.6. The molecule has 3 aromatic carbocycles. The number of benzene rings is 2. The smallest absolute Gasteiger partial charge is 0.366 e. The fourth-order valence-corrected chi connectivity index (χ4v) is 5.39. The Morgan fingerprint density at radius 2 is 1.66 bits per heavy atom. The number of nitrogens with zero attached hydrogens (tertiary/aromatic N) is 1. The van der Waals surface area contributed by atoms with E-state index < -0.39 is 50.5 Å². The molecule has 1 aliphatic heterocycles. The predicted molar refractivity (Wildman–Crippen MR) is 133 cm³/mol. The zero-order chi connectivity index (χ0) is 27.7. The molecule has 0 aromatic heterocycles. The molecule has 1 fully saturated rings. The Bertz CT molecular complexity index is 1510. The third-order valence-corrected chi connectivity index (χ3v) is 7.25. The minimum Gasteiger partial charge on any atom is -0.366 e. The van der Waals surface area contributed by atoms with Gasteiger partial charge in [0.2, 0.25) is 10.0 Å². The summed E-state index contributed by atoms with van der Waals surface area (Å²) in [6, 6.07) is 9.18. The number of alkyl halides is 3. The fourth-order valence-electron chi connectivity index (χ4n) is 4.18. The largest absolute Gasteiger partial charge is 0.419 e. The van der Waals surface area contributed by atoms with Crippen LogP contribution in [0.25, 0.3) is 0 Å². The number of hydrogen-bond donors (Lipinski definition) is 3. The SMILES string of the molecule is O=C(Nc1ccc(C(F)(F)F)c(F)c1)NC1CCN(c2c(NS(=O)(=O)Cc3ccccc3)c(=O)c2=O)CC1. The van der Waals surface area contributed by atoms with Crippen molar-refractivity contribution in [3.8, 4) is 0 Å². The molecule has 9 nitrogen and oxygen atoms in total. The molecule has 14 heteroatoms. The number of nitrogens with one attached hydrogen (secondary N) is 3. The van der Waals surface area contributed by atoms with E-state index in [0.717, 1.165) is 6.07 Å². The molecule has 1 heterocycles. The van der Waals surface area contributed by atoms with Gasteiger partial charge in [-0.05, 0) is 36.6 Å². The van der Waals surface area contributed by atoms with Gasteiger partial charge in [0.15, 0.2) is 0 Å². The first-order valence-electron chi connectivity index (χ1n) is 11.4.